The van der Waals surface area contributed by atoms with Crippen LogP contribution in [0.15, 0.2) is 119 Å². The van der Waals surface area contributed by atoms with Crippen LogP contribution in [0.1, 0.15) is 31.9 Å². The molecule has 0 bridgehead atoms. The number of nitrogens with zero attached hydrogens (tertiary/aromatic N) is 2. The van der Waals surface area contributed by atoms with Crippen molar-refractivity contribution in [2.24, 2.45) is 0 Å². The van der Waals surface area contributed by atoms with Gasteiger partial charge in [-0.25, -0.2) is 8.42 Å². The number of carbonyl (C=O) groups is 2. The zero-order valence-electron chi connectivity index (χ0n) is 25.8. The summed E-state index contributed by atoms with van der Waals surface area (Å²) in [4.78, 5) is 30.1. The first-order valence-corrected chi connectivity index (χ1v) is 16.7. The van der Waals surface area contributed by atoms with Crippen LogP contribution in [-0.4, -0.2) is 50.4 Å². The van der Waals surface area contributed by atoms with Crippen molar-refractivity contribution in [3.63, 3.8) is 0 Å². The lowest BCUT2D eigenvalue weighted by atomic mass is 10.0. The van der Waals surface area contributed by atoms with Crippen LogP contribution >= 0.6 is 15.9 Å². The van der Waals surface area contributed by atoms with E-state index in [0.717, 1.165) is 19.9 Å². The Morgan fingerprint density at radius 3 is 2.07 bits per heavy atom. The molecule has 0 aromatic heterocycles. The molecule has 0 aliphatic carbocycles. The van der Waals surface area contributed by atoms with E-state index in [1.807, 2.05) is 75.4 Å². The zero-order valence-corrected chi connectivity index (χ0v) is 28.2. The highest BCUT2D eigenvalue weighted by Gasteiger charge is 2.36. The number of nitrogens with one attached hydrogen (secondary N) is 1. The van der Waals surface area contributed by atoms with Gasteiger partial charge in [0, 0.05) is 23.0 Å². The second-order valence-electron chi connectivity index (χ2n) is 11.6. The fourth-order valence-corrected chi connectivity index (χ4v) is 6.80. The van der Waals surface area contributed by atoms with E-state index in [2.05, 4.69) is 21.2 Å². The van der Waals surface area contributed by atoms with E-state index < -0.39 is 34.1 Å². The number of methoxy groups -OCH3 is 1. The second kappa shape index (κ2) is 14.8. The van der Waals surface area contributed by atoms with Crippen LogP contribution in [0.2, 0.25) is 0 Å². The number of halogens is 1. The van der Waals surface area contributed by atoms with Crippen molar-refractivity contribution in [3.05, 3.63) is 125 Å². The minimum absolute atomic E-state index is 0.0218. The quantitative estimate of drug-likeness (QED) is 0.191. The maximum absolute atomic E-state index is 14.6. The Hall–Kier alpha value is -4.15. The Bertz CT molecular complexity index is 1710. The van der Waals surface area contributed by atoms with Crippen LogP contribution < -0.4 is 14.4 Å². The van der Waals surface area contributed by atoms with E-state index in [9.17, 15) is 18.0 Å². The highest BCUT2D eigenvalue weighted by atomic mass is 79.9. The summed E-state index contributed by atoms with van der Waals surface area (Å²) in [7, 11) is -2.79. The van der Waals surface area contributed by atoms with E-state index in [4.69, 9.17) is 4.74 Å². The Balaban J connectivity index is 1.84. The minimum atomic E-state index is -4.23. The monoisotopic (exact) mass is 691 g/mol. The standard InChI is InChI=1S/C35H38BrN3O5S/c1-35(2,3)37-34(41)31(23-26-14-7-5-8-15-26)38(24-27-16-13-17-28(36)22-27)33(40)25-39(30-20-11-12-21-32(30)44-4)45(42,43)29-18-9-6-10-19-29/h5-22,31H,23-25H2,1-4H3,(H,37,41)/t31-/m0/s1. The lowest BCUT2D eigenvalue weighted by Crippen LogP contribution is -2.56. The van der Waals surface area contributed by atoms with Gasteiger partial charge in [-0.1, -0.05) is 88.7 Å². The Labute approximate surface area is 274 Å². The number of benzene rings is 4. The highest BCUT2D eigenvalue weighted by Crippen LogP contribution is 2.32. The number of ether oxygens (including phenoxy) is 1. The number of rotatable bonds is 12. The average Bonchev–Trinajstić information content (AvgIpc) is 3.01. The Morgan fingerprint density at radius 2 is 1.44 bits per heavy atom. The van der Waals surface area contributed by atoms with E-state index in [1.54, 1.807) is 42.5 Å². The van der Waals surface area contributed by atoms with Crippen molar-refractivity contribution in [2.45, 2.75) is 50.2 Å². The van der Waals surface area contributed by atoms with Crippen LogP contribution in [0.3, 0.4) is 0 Å². The molecule has 0 radical (unpaired) electrons. The molecule has 8 nitrogen and oxygen atoms in total. The molecule has 0 aliphatic heterocycles. The number of sulfonamides is 1. The van der Waals surface area contributed by atoms with Crippen molar-refractivity contribution in [1.82, 2.24) is 10.2 Å². The molecule has 45 heavy (non-hydrogen) atoms. The molecular weight excluding hydrogens is 654 g/mol. The van der Waals surface area contributed by atoms with Gasteiger partial charge in [0.15, 0.2) is 0 Å². The molecule has 0 saturated heterocycles. The minimum Gasteiger partial charge on any atom is -0.495 e. The molecule has 4 rings (SSSR count). The van der Waals surface area contributed by atoms with Gasteiger partial charge in [0.1, 0.15) is 18.3 Å². The third-order valence-corrected chi connectivity index (χ3v) is 9.24. The largest absolute Gasteiger partial charge is 0.495 e. The van der Waals surface area contributed by atoms with Crippen LogP contribution in [0, 0.1) is 0 Å². The van der Waals surface area contributed by atoms with Gasteiger partial charge in [-0.05, 0) is 68.3 Å². The predicted octanol–water partition coefficient (Wildman–Crippen LogP) is 6.21. The average molecular weight is 693 g/mol. The van der Waals surface area contributed by atoms with E-state index in [0.29, 0.717) is 0 Å². The van der Waals surface area contributed by atoms with Crippen molar-refractivity contribution >= 4 is 43.5 Å². The second-order valence-corrected chi connectivity index (χ2v) is 14.4. The first-order chi connectivity index (χ1) is 21.4. The van der Waals surface area contributed by atoms with Gasteiger partial charge in [0.25, 0.3) is 10.0 Å². The summed E-state index contributed by atoms with van der Waals surface area (Å²) in [5.41, 5.74) is 1.26. The molecule has 0 fully saturated rings. The van der Waals surface area contributed by atoms with Gasteiger partial charge in [0.05, 0.1) is 17.7 Å². The molecule has 0 heterocycles. The fourth-order valence-electron chi connectivity index (χ4n) is 4.91. The smallest absolute Gasteiger partial charge is 0.264 e. The Kier molecular flexibility index (Phi) is 11.1. The van der Waals surface area contributed by atoms with Gasteiger partial charge >= 0.3 is 0 Å². The maximum atomic E-state index is 14.6. The SMILES string of the molecule is COc1ccccc1N(CC(=O)N(Cc1cccc(Br)c1)[C@@H](Cc1ccccc1)C(=O)NC(C)(C)C)S(=O)(=O)c1ccccc1. The molecule has 1 N–H and O–H groups in total. The maximum Gasteiger partial charge on any atom is 0.264 e. The molecular formula is C35H38BrN3O5S. The van der Waals surface area contributed by atoms with Crippen LogP contribution in [0.25, 0.3) is 0 Å². The molecule has 0 unspecified atom stereocenters. The molecule has 4 aromatic rings. The lowest BCUT2D eigenvalue weighted by Gasteiger charge is -2.35. The van der Waals surface area contributed by atoms with Crippen LogP contribution in [0.4, 0.5) is 5.69 Å². The van der Waals surface area contributed by atoms with Crippen molar-refractivity contribution < 1.29 is 22.7 Å². The van der Waals surface area contributed by atoms with Gasteiger partial charge < -0.3 is 15.0 Å². The zero-order chi connectivity index (χ0) is 32.6. The van der Waals surface area contributed by atoms with Gasteiger partial charge in [0.2, 0.25) is 11.8 Å². The summed E-state index contributed by atoms with van der Waals surface area (Å²) in [5.74, 6) is -0.607. The molecule has 236 valence electrons. The van der Waals surface area contributed by atoms with Crippen LogP contribution in [-0.2, 0) is 32.6 Å². The van der Waals surface area contributed by atoms with E-state index in [1.165, 1.54) is 24.1 Å². The van der Waals surface area contributed by atoms with E-state index in [-0.39, 0.29) is 35.2 Å². The van der Waals surface area contributed by atoms with Crippen molar-refractivity contribution in [1.29, 1.82) is 0 Å². The first kappa shape index (κ1) is 33.7. The topological polar surface area (TPSA) is 96.0 Å². The third-order valence-electron chi connectivity index (χ3n) is 6.98. The molecule has 1 atom stereocenters. The third kappa shape index (κ3) is 8.95. The lowest BCUT2D eigenvalue weighted by molar-refractivity contribution is -0.140. The molecule has 0 saturated carbocycles. The molecule has 4 aromatic carbocycles. The normalized spacial score (nSPS) is 12.2. The number of amides is 2. The summed E-state index contributed by atoms with van der Waals surface area (Å²) in [6.45, 7) is 5.13. The summed E-state index contributed by atoms with van der Waals surface area (Å²) in [6, 6.07) is 30.6. The molecule has 10 heteroatoms. The number of hydrogen-bond acceptors (Lipinski definition) is 5. The van der Waals surface area contributed by atoms with Gasteiger partial charge in [-0.3, -0.25) is 13.9 Å². The number of hydrogen-bond donors (Lipinski definition) is 1. The summed E-state index contributed by atoms with van der Waals surface area (Å²) in [6.07, 6.45) is 0.225. The molecule has 2 amide bonds. The number of para-hydroxylation sites is 2. The predicted molar refractivity (Wildman–Crippen MR) is 180 cm³/mol. The fraction of sp³-hybridized carbons (Fsp3) is 0.257. The molecule has 0 aliphatic rings. The summed E-state index contributed by atoms with van der Waals surface area (Å²) < 4.78 is 35.7. The molecule has 0 spiro atoms. The van der Waals surface area contributed by atoms with Gasteiger partial charge in [-0.15, -0.1) is 0 Å². The highest BCUT2D eigenvalue weighted by molar-refractivity contribution is 9.10. The van der Waals surface area contributed by atoms with E-state index >= 15 is 0 Å². The first-order valence-electron chi connectivity index (χ1n) is 14.5. The van der Waals surface area contributed by atoms with Crippen LogP contribution in [0.5, 0.6) is 5.75 Å². The summed E-state index contributed by atoms with van der Waals surface area (Å²) >= 11 is 3.50. The number of carbonyl (C=O) groups excluding carboxylic acids is 2. The van der Waals surface area contributed by atoms with Crippen molar-refractivity contribution in [3.8, 4) is 5.75 Å². The Morgan fingerprint density at radius 1 is 0.844 bits per heavy atom. The van der Waals surface area contributed by atoms with Gasteiger partial charge in [-0.2, -0.15) is 0 Å². The number of anilines is 1. The van der Waals surface area contributed by atoms with Crippen molar-refractivity contribution in [2.75, 3.05) is 18.0 Å². The summed E-state index contributed by atoms with van der Waals surface area (Å²) in [5, 5.41) is 3.04.